The Bertz CT molecular complexity index is 490. The van der Waals surface area contributed by atoms with Gasteiger partial charge in [-0.1, -0.05) is 18.5 Å². The molecule has 1 saturated carbocycles. The van der Waals surface area contributed by atoms with Crippen LogP contribution in [0, 0.1) is 6.92 Å². The first-order chi connectivity index (χ1) is 9.08. The largest absolute Gasteiger partial charge is 0.352 e. The van der Waals surface area contributed by atoms with E-state index < -0.39 is 0 Å². The molecule has 3 nitrogen and oxygen atoms in total. The van der Waals surface area contributed by atoms with Gasteiger partial charge in [0, 0.05) is 35.1 Å². The molecule has 3 rings (SSSR count). The summed E-state index contributed by atoms with van der Waals surface area (Å²) in [5.74, 6) is 3.71. The van der Waals surface area contributed by atoms with Crippen LogP contribution >= 0.6 is 23.4 Å². The second-order valence-electron chi connectivity index (χ2n) is 5.61. The van der Waals surface area contributed by atoms with Crippen molar-refractivity contribution < 1.29 is 0 Å². The third kappa shape index (κ3) is 2.57. The molecule has 2 fully saturated rings. The topological polar surface area (TPSA) is 29.0 Å². The van der Waals surface area contributed by atoms with Crippen LogP contribution in [0.1, 0.15) is 44.0 Å². The van der Waals surface area contributed by atoms with Gasteiger partial charge in [-0.25, -0.2) is 9.97 Å². The van der Waals surface area contributed by atoms with Crippen LogP contribution in [0.5, 0.6) is 0 Å². The van der Waals surface area contributed by atoms with Gasteiger partial charge in [0.1, 0.15) is 16.8 Å². The summed E-state index contributed by atoms with van der Waals surface area (Å²) in [5, 5.41) is 1.26. The highest BCUT2D eigenvalue weighted by molar-refractivity contribution is 8.00. The summed E-state index contributed by atoms with van der Waals surface area (Å²) >= 11 is 8.35. The Morgan fingerprint density at radius 1 is 1.26 bits per heavy atom. The molecule has 2 atom stereocenters. The van der Waals surface area contributed by atoms with Crippen LogP contribution in [-0.4, -0.2) is 33.6 Å². The Hall–Kier alpha value is -0.480. The molecule has 0 aromatic carbocycles. The number of nitrogens with zero attached hydrogens (tertiary/aromatic N) is 3. The molecule has 0 N–H and O–H groups in total. The van der Waals surface area contributed by atoms with E-state index in [4.69, 9.17) is 16.6 Å². The molecule has 104 valence electrons. The number of thioether (sulfide) groups is 1. The Kier molecular flexibility index (Phi) is 3.65. The van der Waals surface area contributed by atoms with Gasteiger partial charge < -0.3 is 4.90 Å². The molecule has 0 spiro atoms. The van der Waals surface area contributed by atoms with Gasteiger partial charge in [-0.05, 0) is 26.7 Å². The van der Waals surface area contributed by atoms with Crippen LogP contribution in [0.3, 0.4) is 0 Å². The van der Waals surface area contributed by atoms with Gasteiger partial charge in [-0.3, -0.25) is 0 Å². The predicted octanol–water partition coefficient (Wildman–Crippen LogP) is 3.65. The van der Waals surface area contributed by atoms with Crippen molar-refractivity contribution in [2.24, 2.45) is 0 Å². The second-order valence-corrected chi connectivity index (χ2v) is 7.45. The number of rotatable bonds is 2. The van der Waals surface area contributed by atoms with Gasteiger partial charge in [0.25, 0.3) is 0 Å². The summed E-state index contributed by atoms with van der Waals surface area (Å²) < 4.78 is 0. The maximum atomic E-state index is 6.31. The summed E-state index contributed by atoms with van der Waals surface area (Å²) in [4.78, 5) is 11.7. The summed E-state index contributed by atoms with van der Waals surface area (Å²) in [7, 11) is 0. The SMILES string of the molecule is Cc1c(Cl)nc(C2CC2)nc1N1CCSC(C)C1C. The monoisotopic (exact) mass is 297 g/mol. The van der Waals surface area contributed by atoms with Gasteiger partial charge in [0.2, 0.25) is 0 Å². The van der Waals surface area contributed by atoms with E-state index in [-0.39, 0.29) is 0 Å². The first-order valence-corrected chi connectivity index (χ1v) is 8.43. The van der Waals surface area contributed by atoms with Gasteiger partial charge in [-0.2, -0.15) is 11.8 Å². The Labute approximate surface area is 124 Å². The number of halogens is 1. The molecule has 2 unspecified atom stereocenters. The van der Waals surface area contributed by atoms with Gasteiger partial charge >= 0.3 is 0 Å². The Morgan fingerprint density at radius 3 is 2.68 bits per heavy atom. The van der Waals surface area contributed by atoms with Crippen LogP contribution in [-0.2, 0) is 0 Å². The first-order valence-electron chi connectivity index (χ1n) is 7.00. The first kappa shape index (κ1) is 13.5. The van der Waals surface area contributed by atoms with Gasteiger partial charge in [0.05, 0.1) is 0 Å². The zero-order chi connectivity index (χ0) is 13.6. The van der Waals surface area contributed by atoms with Gasteiger partial charge in [-0.15, -0.1) is 0 Å². The lowest BCUT2D eigenvalue weighted by atomic mass is 10.2. The fourth-order valence-electron chi connectivity index (χ4n) is 2.53. The molecule has 0 radical (unpaired) electrons. The van der Waals surface area contributed by atoms with Gasteiger partial charge in [0.15, 0.2) is 0 Å². The van der Waals surface area contributed by atoms with E-state index in [0.717, 1.165) is 29.5 Å². The Morgan fingerprint density at radius 2 is 2.00 bits per heavy atom. The minimum absolute atomic E-state index is 0.496. The zero-order valence-electron chi connectivity index (χ0n) is 11.7. The normalized spacial score (nSPS) is 27.7. The minimum atomic E-state index is 0.496. The number of hydrogen-bond donors (Lipinski definition) is 0. The fourth-order valence-corrected chi connectivity index (χ4v) is 3.80. The molecule has 2 heterocycles. The highest BCUT2D eigenvalue weighted by atomic mass is 35.5. The van der Waals surface area contributed by atoms with E-state index in [1.54, 1.807) is 0 Å². The van der Waals surface area contributed by atoms with E-state index in [0.29, 0.717) is 22.4 Å². The summed E-state index contributed by atoms with van der Waals surface area (Å²) in [6, 6.07) is 0.496. The summed E-state index contributed by atoms with van der Waals surface area (Å²) in [6.45, 7) is 7.66. The third-order valence-corrected chi connectivity index (χ3v) is 5.88. The van der Waals surface area contributed by atoms with Crippen molar-refractivity contribution in [3.63, 3.8) is 0 Å². The van der Waals surface area contributed by atoms with Crippen molar-refractivity contribution in [3.05, 3.63) is 16.5 Å². The maximum Gasteiger partial charge on any atom is 0.137 e. The van der Waals surface area contributed by atoms with Crippen LogP contribution in [0.2, 0.25) is 5.15 Å². The molecule has 19 heavy (non-hydrogen) atoms. The average Bonchev–Trinajstić information content (AvgIpc) is 3.20. The van der Waals surface area contributed by atoms with Crippen molar-refractivity contribution in [2.45, 2.75) is 50.8 Å². The number of anilines is 1. The molecule has 1 aromatic heterocycles. The van der Waals surface area contributed by atoms with Crippen molar-refractivity contribution >= 4 is 29.2 Å². The number of aromatic nitrogens is 2. The van der Waals surface area contributed by atoms with Crippen molar-refractivity contribution in [2.75, 3.05) is 17.2 Å². The molecule has 1 aliphatic carbocycles. The van der Waals surface area contributed by atoms with Crippen molar-refractivity contribution in [1.82, 2.24) is 9.97 Å². The fraction of sp³-hybridized carbons (Fsp3) is 0.714. The molecule has 1 aromatic rings. The molecular weight excluding hydrogens is 278 g/mol. The number of hydrogen-bond acceptors (Lipinski definition) is 4. The molecule has 1 aliphatic heterocycles. The summed E-state index contributed by atoms with van der Waals surface area (Å²) in [6.07, 6.45) is 2.42. The van der Waals surface area contributed by atoms with Crippen LogP contribution in [0.25, 0.3) is 0 Å². The lowest BCUT2D eigenvalue weighted by molar-refractivity contribution is 0.615. The highest BCUT2D eigenvalue weighted by Gasteiger charge is 2.31. The zero-order valence-corrected chi connectivity index (χ0v) is 13.3. The highest BCUT2D eigenvalue weighted by Crippen LogP contribution is 2.40. The minimum Gasteiger partial charge on any atom is -0.352 e. The predicted molar refractivity (Wildman–Crippen MR) is 82.5 cm³/mol. The van der Waals surface area contributed by atoms with E-state index in [1.165, 1.54) is 12.8 Å². The molecule has 0 amide bonds. The molecule has 1 saturated heterocycles. The standard InChI is InChI=1S/C14H20ClN3S/c1-8-12(15)16-13(11-4-5-11)17-14(8)18-6-7-19-10(3)9(18)2/h9-11H,4-7H2,1-3H3. The van der Waals surface area contributed by atoms with E-state index >= 15 is 0 Å². The maximum absolute atomic E-state index is 6.31. The van der Waals surface area contributed by atoms with Crippen molar-refractivity contribution in [3.8, 4) is 0 Å². The van der Waals surface area contributed by atoms with E-state index in [2.05, 4.69) is 23.7 Å². The lowest BCUT2D eigenvalue weighted by Crippen LogP contribution is -2.45. The Balaban J connectivity index is 1.98. The smallest absolute Gasteiger partial charge is 0.137 e. The lowest BCUT2D eigenvalue weighted by Gasteiger charge is -2.39. The van der Waals surface area contributed by atoms with Crippen LogP contribution in [0.15, 0.2) is 0 Å². The molecule has 2 aliphatic rings. The van der Waals surface area contributed by atoms with Crippen LogP contribution < -0.4 is 4.90 Å². The summed E-state index contributed by atoms with van der Waals surface area (Å²) in [5.41, 5.74) is 1.03. The second kappa shape index (κ2) is 5.13. The third-order valence-electron chi connectivity index (χ3n) is 4.18. The van der Waals surface area contributed by atoms with Crippen molar-refractivity contribution in [1.29, 1.82) is 0 Å². The van der Waals surface area contributed by atoms with Crippen LogP contribution in [0.4, 0.5) is 5.82 Å². The molecule has 0 bridgehead atoms. The van der Waals surface area contributed by atoms with E-state index in [9.17, 15) is 0 Å². The molecule has 5 heteroatoms. The average molecular weight is 298 g/mol. The van der Waals surface area contributed by atoms with E-state index in [1.807, 2.05) is 18.7 Å². The quantitative estimate of drug-likeness (QED) is 0.779. The molecular formula is C14H20ClN3S.